The maximum atomic E-state index is 13.7. The average molecular weight is 324 g/mol. The van der Waals surface area contributed by atoms with E-state index in [0.29, 0.717) is 19.6 Å². The molecule has 23 heavy (non-hydrogen) atoms. The third-order valence-electron chi connectivity index (χ3n) is 4.91. The van der Waals surface area contributed by atoms with Gasteiger partial charge in [0.2, 0.25) is 5.91 Å². The molecule has 0 bridgehead atoms. The third kappa shape index (κ3) is 2.69. The number of carboxylic acids is 1. The highest BCUT2D eigenvalue weighted by Gasteiger charge is 2.57. The molecule has 0 aliphatic carbocycles. The smallest absolute Gasteiger partial charge is 0.313 e. The Bertz CT molecular complexity index is 667. The number of hydrogen-bond acceptors (Lipinski definition) is 3. The molecule has 7 heteroatoms. The van der Waals surface area contributed by atoms with Crippen LogP contribution in [0.5, 0.6) is 0 Å². The topological polar surface area (TPSA) is 60.9 Å². The van der Waals surface area contributed by atoms with Crippen molar-refractivity contribution in [3.05, 3.63) is 35.4 Å². The lowest BCUT2D eigenvalue weighted by atomic mass is 9.81. The predicted molar refractivity (Wildman–Crippen MR) is 77.7 cm³/mol. The molecule has 2 fully saturated rings. The van der Waals surface area contributed by atoms with E-state index in [4.69, 9.17) is 0 Å². The molecular weight excluding hydrogens is 306 g/mol. The van der Waals surface area contributed by atoms with Crippen molar-refractivity contribution in [1.29, 1.82) is 0 Å². The maximum Gasteiger partial charge on any atom is 0.313 e. The second-order valence-corrected chi connectivity index (χ2v) is 6.54. The minimum absolute atomic E-state index is 0.00597. The van der Waals surface area contributed by atoms with Crippen LogP contribution in [0.25, 0.3) is 0 Å². The molecular formula is C16H18F2N2O3. The van der Waals surface area contributed by atoms with Crippen molar-refractivity contribution in [2.45, 2.75) is 6.42 Å². The summed E-state index contributed by atoms with van der Waals surface area (Å²) >= 11 is 0. The predicted octanol–water partition coefficient (Wildman–Crippen LogP) is 0.982. The van der Waals surface area contributed by atoms with E-state index in [1.54, 1.807) is 0 Å². The van der Waals surface area contributed by atoms with Crippen LogP contribution in [0, 0.1) is 23.0 Å². The van der Waals surface area contributed by atoms with Gasteiger partial charge in [-0.1, -0.05) is 0 Å². The molecule has 1 N–H and O–H groups in total. The fourth-order valence-electron chi connectivity index (χ4n) is 3.76. The van der Waals surface area contributed by atoms with Gasteiger partial charge in [-0.15, -0.1) is 0 Å². The monoisotopic (exact) mass is 324 g/mol. The van der Waals surface area contributed by atoms with Gasteiger partial charge in [0.1, 0.15) is 17.0 Å². The Hall–Kier alpha value is -2.02. The van der Waals surface area contributed by atoms with Crippen LogP contribution < -0.4 is 0 Å². The summed E-state index contributed by atoms with van der Waals surface area (Å²) in [7, 11) is 1.86. The van der Waals surface area contributed by atoms with E-state index in [2.05, 4.69) is 0 Å². The standard InChI is InChI=1S/C16H18F2N2O3/c1-19-6-11-7-20(9-16(11,8-19)15(22)23)14(21)5-10-4-12(17)2-3-13(10)18/h2-4,11H,5-9H2,1H3,(H,22,23)/t11-,16-/m0/s1. The summed E-state index contributed by atoms with van der Waals surface area (Å²) in [6.45, 7) is 1.47. The molecule has 2 atom stereocenters. The van der Waals surface area contributed by atoms with Gasteiger partial charge >= 0.3 is 5.97 Å². The molecule has 0 spiro atoms. The van der Waals surface area contributed by atoms with E-state index in [1.165, 1.54) is 4.90 Å². The molecule has 2 aliphatic heterocycles. The van der Waals surface area contributed by atoms with E-state index >= 15 is 0 Å². The van der Waals surface area contributed by atoms with Crippen molar-refractivity contribution in [1.82, 2.24) is 9.80 Å². The number of rotatable bonds is 3. The summed E-state index contributed by atoms with van der Waals surface area (Å²) in [5.41, 5.74) is -0.959. The molecule has 2 heterocycles. The van der Waals surface area contributed by atoms with Gasteiger partial charge in [0, 0.05) is 37.7 Å². The number of carbonyl (C=O) groups excluding carboxylic acids is 1. The van der Waals surface area contributed by atoms with Crippen LogP contribution in [-0.2, 0) is 16.0 Å². The highest BCUT2D eigenvalue weighted by molar-refractivity contribution is 5.83. The lowest BCUT2D eigenvalue weighted by molar-refractivity contribution is -0.149. The molecule has 0 unspecified atom stereocenters. The molecule has 124 valence electrons. The number of nitrogens with zero attached hydrogens (tertiary/aromatic N) is 2. The summed E-state index contributed by atoms with van der Waals surface area (Å²) in [4.78, 5) is 27.5. The van der Waals surface area contributed by atoms with Crippen molar-refractivity contribution in [3.63, 3.8) is 0 Å². The molecule has 5 nitrogen and oxygen atoms in total. The van der Waals surface area contributed by atoms with Crippen LogP contribution in [-0.4, -0.2) is 60.0 Å². The summed E-state index contributed by atoms with van der Waals surface area (Å²) in [5, 5.41) is 9.59. The maximum absolute atomic E-state index is 13.7. The fourth-order valence-corrected chi connectivity index (χ4v) is 3.76. The van der Waals surface area contributed by atoms with Gasteiger partial charge < -0.3 is 14.9 Å². The van der Waals surface area contributed by atoms with E-state index < -0.39 is 23.0 Å². The summed E-state index contributed by atoms with van der Waals surface area (Å²) < 4.78 is 26.9. The fraction of sp³-hybridized carbons (Fsp3) is 0.500. The Kier molecular flexibility index (Phi) is 3.83. The first-order valence-corrected chi connectivity index (χ1v) is 7.45. The zero-order valence-corrected chi connectivity index (χ0v) is 12.8. The highest BCUT2D eigenvalue weighted by Crippen LogP contribution is 2.42. The first-order chi connectivity index (χ1) is 10.8. The number of aliphatic carboxylic acids is 1. The minimum Gasteiger partial charge on any atom is -0.481 e. The molecule has 1 aromatic carbocycles. The van der Waals surface area contributed by atoms with Gasteiger partial charge in [-0.3, -0.25) is 9.59 Å². The van der Waals surface area contributed by atoms with Crippen molar-refractivity contribution in [3.8, 4) is 0 Å². The first-order valence-electron chi connectivity index (χ1n) is 7.45. The van der Waals surface area contributed by atoms with Crippen LogP contribution in [0.15, 0.2) is 18.2 Å². The molecule has 2 saturated heterocycles. The van der Waals surface area contributed by atoms with Gasteiger partial charge in [-0.2, -0.15) is 0 Å². The third-order valence-corrected chi connectivity index (χ3v) is 4.91. The molecule has 3 rings (SSSR count). The second kappa shape index (κ2) is 5.56. The Labute approximate surface area is 132 Å². The zero-order valence-electron chi connectivity index (χ0n) is 12.8. The quantitative estimate of drug-likeness (QED) is 0.900. The average Bonchev–Trinajstić information content (AvgIpc) is 2.96. The van der Waals surface area contributed by atoms with Crippen molar-refractivity contribution in [2.24, 2.45) is 11.3 Å². The van der Waals surface area contributed by atoms with Gasteiger partial charge in [-0.25, -0.2) is 8.78 Å². The van der Waals surface area contributed by atoms with Crippen LogP contribution in [0.4, 0.5) is 8.78 Å². The molecule has 1 amide bonds. The summed E-state index contributed by atoms with van der Waals surface area (Å²) in [6, 6.07) is 2.99. The zero-order chi connectivity index (χ0) is 16.8. The minimum atomic E-state index is -0.953. The number of halogens is 2. The Morgan fingerprint density at radius 2 is 2.04 bits per heavy atom. The van der Waals surface area contributed by atoms with Gasteiger partial charge in [0.15, 0.2) is 0 Å². The molecule has 0 radical (unpaired) electrons. The van der Waals surface area contributed by atoms with Crippen LogP contribution in [0.2, 0.25) is 0 Å². The normalized spacial score (nSPS) is 27.3. The molecule has 2 aliphatic rings. The Morgan fingerprint density at radius 1 is 1.30 bits per heavy atom. The Balaban J connectivity index is 1.75. The number of carboxylic acid groups (broad SMARTS) is 1. The van der Waals surface area contributed by atoms with Crippen LogP contribution in [0.1, 0.15) is 5.56 Å². The van der Waals surface area contributed by atoms with Gasteiger partial charge in [0.25, 0.3) is 0 Å². The number of hydrogen-bond donors (Lipinski definition) is 1. The van der Waals surface area contributed by atoms with Crippen molar-refractivity contribution >= 4 is 11.9 Å². The largest absolute Gasteiger partial charge is 0.481 e. The number of fused-ring (bicyclic) bond motifs is 1. The summed E-state index contributed by atoms with van der Waals surface area (Å²) in [6.07, 6.45) is -0.262. The molecule has 1 aromatic rings. The lowest BCUT2D eigenvalue weighted by Gasteiger charge is -2.24. The number of likely N-dealkylation sites (tertiary alicyclic amines) is 2. The lowest BCUT2D eigenvalue weighted by Crippen LogP contribution is -2.41. The number of amides is 1. The van der Waals surface area contributed by atoms with E-state index in [9.17, 15) is 23.5 Å². The summed E-state index contributed by atoms with van der Waals surface area (Å²) in [5.74, 6) is -2.64. The van der Waals surface area contributed by atoms with E-state index in [1.807, 2.05) is 11.9 Å². The van der Waals surface area contributed by atoms with E-state index in [0.717, 1.165) is 18.2 Å². The highest BCUT2D eigenvalue weighted by atomic mass is 19.1. The van der Waals surface area contributed by atoms with Gasteiger partial charge in [0.05, 0.1) is 6.42 Å². The van der Waals surface area contributed by atoms with Gasteiger partial charge in [-0.05, 0) is 25.2 Å². The van der Waals surface area contributed by atoms with E-state index in [-0.39, 0.29) is 30.4 Å². The Morgan fingerprint density at radius 3 is 2.70 bits per heavy atom. The first kappa shape index (κ1) is 15.9. The van der Waals surface area contributed by atoms with Crippen molar-refractivity contribution in [2.75, 3.05) is 33.2 Å². The van der Waals surface area contributed by atoms with Crippen LogP contribution >= 0.6 is 0 Å². The molecule has 0 aromatic heterocycles. The SMILES string of the molecule is CN1C[C@H]2CN(C(=O)Cc3cc(F)ccc3F)C[C@@]2(C(=O)O)C1. The molecule has 0 saturated carbocycles. The number of benzene rings is 1. The number of carbonyl (C=O) groups is 2. The van der Waals surface area contributed by atoms with Crippen molar-refractivity contribution < 1.29 is 23.5 Å². The second-order valence-electron chi connectivity index (χ2n) is 6.54. The van der Waals surface area contributed by atoms with Crippen LogP contribution in [0.3, 0.4) is 0 Å².